The highest BCUT2D eigenvalue weighted by atomic mass is 16.7. The number of rotatable bonds is 11. The van der Waals surface area contributed by atoms with E-state index in [0.717, 1.165) is 37.7 Å². The third kappa shape index (κ3) is 6.23. The maximum absolute atomic E-state index is 10.7. The summed E-state index contributed by atoms with van der Waals surface area (Å²) in [4.78, 5) is 0. The van der Waals surface area contributed by atoms with Crippen LogP contribution in [0.1, 0.15) is 100 Å². The zero-order valence-electron chi connectivity index (χ0n) is 31.2. The molecule has 4 aliphatic carbocycles. The number of aliphatic hydroxyl groups is 4. The van der Waals surface area contributed by atoms with Crippen molar-refractivity contribution in [2.45, 2.75) is 149 Å². The van der Waals surface area contributed by atoms with Crippen molar-refractivity contribution in [3.8, 4) is 0 Å². The summed E-state index contributed by atoms with van der Waals surface area (Å²) in [5.41, 5.74) is 2.88. The Hall–Kier alpha value is -1.10. The smallest absolute Gasteiger partial charge is 0.187 e. The van der Waals surface area contributed by atoms with E-state index in [1.165, 1.54) is 18.4 Å². The van der Waals surface area contributed by atoms with Gasteiger partial charge in [-0.2, -0.15) is 0 Å². The molecule has 0 spiro atoms. The summed E-state index contributed by atoms with van der Waals surface area (Å²) >= 11 is 0. The van der Waals surface area contributed by atoms with Gasteiger partial charge in [0.1, 0.15) is 24.4 Å². The minimum atomic E-state index is -1.46. The van der Waals surface area contributed by atoms with Crippen molar-refractivity contribution in [1.82, 2.24) is 0 Å². The number of methoxy groups -OCH3 is 1. The van der Waals surface area contributed by atoms with E-state index in [0.29, 0.717) is 30.3 Å². The minimum absolute atomic E-state index is 0.0466. The summed E-state index contributed by atoms with van der Waals surface area (Å²) in [6, 6.07) is 0. The number of allylic oxidation sites excluding steroid dienone is 1. The highest BCUT2D eigenvalue weighted by Crippen LogP contribution is 2.75. The maximum atomic E-state index is 10.7. The van der Waals surface area contributed by atoms with E-state index in [2.05, 4.69) is 60.3 Å². The van der Waals surface area contributed by atoms with Crippen LogP contribution in [0.25, 0.3) is 0 Å². The molecule has 1 heterocycles. The average Bonchev–Trinajstić information content (AvgIpc) is 3.30. The molecule has 3 saturated carbocycles. The third-order valence-corrected chi connectivity index (χ3v) is 14.4. The summed E-state index contributed by atoms with van der Waals surface area (Å²) in [5, 5.41) is 41.2. The molecule has 1 saturated heterocycles. The van der Waals surface area contributed by atoms with Crippen LogP contribution >= 0.6 is 0 Å². The second-order valence-corrected chi connectivity index (χ2v) is 17.6. The van der Waals surface area contributed by atoms with E-state index >= 15 is 0 Å². The summed E-state index contributed by atoms with van der Waals surface area (Å²) in [6.07, 6.45) is 7.44. The fourth-order valence-corrected chi connectivity index (χ4v) is 11.8. The van der Waals surface area contributed by atoms with E-state index < -0.39 is 37.3 Å². The molecule has 5 rings (SSSR count). The van der Waals surface area contributed by atoms with Gasteiger partial charge in [0.05, 0.1) is 31.5 Å². The van der Waals surface area contributed by atoms with Gasteiger partial charge in [-0.25, -0.2) is 0 Å². The van der Waals surface area contributed by atoms with Crippen molar-refractivity contribution in [2.24, 2.45) is 45.3 Å². The van der Waals surface area contributed by atoms with Gasteiger partial charge < -0.3 is 39.4 Å². The molecule has 8 heteroatoms. The number of aliphatic hydroxyl groups excluding tert-OH is 4. The molecule has 0 aromatic rings. The van der Waals surface area contributed by atoms with E-state index in [-0.39, 0.29) is 40.0 Å². The number of hydrogen-bond acceptors (Lipinski definition) is 8. The van der Waals surface area contributed by atoms with Gasteiger partial charge in [0.25, 0.3) is 0 Å². The average molecular weight is 675 g/mol. The Balaban J connectivity index is 1.40. The van der Waals surface area contributed by atoms with Gasteiger partial charge in [-0.3, -0.25) is 0 Å². The predicted molar refractivity (Wildman–Crippen MR) is 187 cm³/mol. The Kier molecular flexibility index (Phi) is 11.2. The lowest BCUT2D eigenvalue weighted by molar-refractivity contribution is -0.308. The van der Waals surface area contributed by atoms with Crippen LogP contribution in [0.5, 0.6) is 0 Å². The molecule has 5 aliphatic rings. The highest BCUT2D eigenvalue weighted by molar-refractivity contribution is 5.33. The molecule has 4 fully saturated rings. The predicted octanol–water partition coefficient (Wildman–Crippen LogP) is 5.97. The first-order chi connectivity index (χ1) is 22.5. The first-order valence-electron chi connectivity index (χ1n) is 18.6. The Bertz CT molecular complexity index is 1210. The minimum Gasteiger partial charge on any atom is -0.394 e. The van der Waals surface area contributed by atoms with Crippen LogP contribution in [0, 0.1) is 45.3 Å². The molecule has 1 aliphatic heterocycles. The molecule has 4 N–H and O–H groups in total. The zero-order chi connectivity index (χ0) is 35.4. The van der Waals surface area contributed by atoms with Gasteiger partial charge in [-0.05, 0) is 92.8 Å². The second-order valence-electron chi connectivity index (χ2n) is 17.6. The SMILES string of the molecule is C=CCO[C@H]1CC[C@@H]2C(=C[C@H](OC)[C@@H]3[C@@]2(C)CC[C@]2(C)[C@@H]([C@H](C)CC(C=C(C)C)O[C@@H]4O[C@H](CO)[C@@H](O)[C@H](O)[C@H]4O)CC[C@@]32C)C1(C)C. The van der Waals surface area contributed by atoms with E-state index in [9.17, 15) is 20.4 Å². The van der Waals surface area contributed by atoms with Crippen LogP contribution in [0.15, 0.2) is 36.0 Å². The van der Waals surface area contributed by atoms with Crippen molar-refractivity contribution in [3.05, 3.63) is 36.0 Å². The molecule has 8 nitrogen and oxygen atoms in total. The first-order valence-corrected chi connectivity index (χ1v) is 18.6. The van der Waals surface area contributed by atoms with Gasteiger partial charge in [0.2, 0.25) is 0 Å². The topological polar surface area (TPSA) is 118 Å². The Morgan fingerprint density at radius 1 is 1.00 bits per heavy atom. The van der Waals surface area contributed by atoms with Crippen molar-refractivity contribution >= 4 is 0 Å². The Morgan fingerprint density at radius 2 is 1.71 bits per heavy atom. The van der Waals surface area contributed by atoms with Gasteiger partial charge in [-0.15, -0.1) is 6.58 Å². The normalized spacial score (nSPS) is 46.4. The molecule has 0 bridgehead atoms. The highest BCUT2D eigenvalue weighted by Gasteiger charge is 2.69. The fourth-order valence-electron chi connectivity index (χ4n) is 11.8. The van der Waals surface area contributed by atoms with Crippen LogP contribution in [-0.4, -0.2) is 89.8 Å². The molecular formula is C40H66O8. The summed E-state index contributed by atoms with van der Waals surface area (Å²) in [6.45, 7) is 22.8. The molecule has 0 aromatic heterocycles. The van der Waals surface area contributed by atoms with Crippen LogP contribution in [0.2, 0.25) is 0 Å². The van der Waals surface area contributed by atoms with E-state index in [4.69, 9.17) is 18.9 Å². The molecule has 48 heavy (non-hydrogen) atoms. The standard InChI is InChI=1S/C40H66O8/c1-11-18-46-31-13-12-27-28(37(31,5)6)21-29(45-10)35-38(27,7)16-17-39(8)26(14-15-40(35,39)9)24(4)20-25(19-23(2)3)47-36-34(44)33(43)32(42)30(22-41)48-36/h11,19,21,24-27,29-36,41-44H,1,12-18,20,22H2,2-10H3/t24-,25?,26-,27-,29+,30-,31+,32-,33+,34-,35-,36-,38+,39-,40+/m1/s1. The van der Waals surface area contributed by atoms with E-state index in [1.807, 2.05) is 27.0 Å². The lowest BCUT2D eigenvalue weighted by Gasteiger charge is -2.67. The summed E-state index contributed by atoms with van der Waals surface area (Å²) in [5.74, 6) is 1.71. The van der Waals surface area contributed by atoms with Crippen molar-refractivity contribution in [2.75, 3.05) is 20.3 Å². The van der Waals surface area contributed by atoms with Crippen LogP contribution < -0.4 is 0 Å². The van der Waals surface area contributed by atoms with Gasteiger partial charge in [-0.1, -0.05) is 70.9 Å². The lowest BCUT2D eigenvalue weighted by atomic mass is 9.38. The lowest BCUT2D eigenvalue weighted by Crippen LogP contribution is -2.63. The number of ether oxygens (including phenoxy) is 4. The van der Waals surface area contributed by atoms with Gasteiger partial charge in [0.15, 0.2) is 6.29 Å². The molecule has 0 radical (unpaired) electrons. The van der Waals surface area contributed by atoms with E-state index in [1.54, 1.807) is 0 Å². The summed E-state index contributed by atoms with van der Waals surface area (Å²) < 4.78 is 24.9. The molecule has 0 aromatic carbocycles. The van der Waals surface area contributed by atoms with Crippen LogP contribution in [0.4, 0.5) is 0 Å². The van der Waals surface area contributed by atoms with Crippen LogP contribution in [0.3, 0.4) is 0 Å². The Labute approximate surface area is 290 Å². The van der Waals surface area contributed by atoms with Crippen LogP contribution in [-0.2, 0) is 18.9 Å². The van der Waals surface area contributed by atoms with Gasteiger partial charge >= 0.3 is 0 Å². The Morgan fingerprint density at radius 3 is 2.33 bits per heavy atom. The number of fused-ring (bicyclic) bond motifs is 5. The first kappa shape index (κ1) is 38.1. The zero-order valence-corrected chi connectivity index (χ0v) is 31.2. The maximum Gasteiger partial charge on any atom is 0.187 e. The molecule has 15 atom stereocenters. The fraction of sp³-hybridized carbons (Fsp3) is 0.850. The monoisotopic (exact) mass is 674 g/mol. The second kappa shape index (κ2) is 14.1. The van der Waals surface area contributed by atoms with Crippen molar-refractivity contribution in [1.29, 1.82) is 0 Å². The molecular weight excluding hydrogens is 608 g/mol. The third-order valence-electron chi connectivity index (χ3n) is 14.4. The largest absolute Gasteiger partial charge is 0.394 e. The molecule has 0 amide bonds. The molecule has 1 unspecified atom stereocenters. The summed E-state index contributed by atoms with van der Waals surface area (Å²) in [7, 11) is 1.90. The molecule has 274 valence electrons. The van der Waals surface area contributed by atoms with Crippen molar-refractivity contribution in [3.63, 3.8) is 0 Å². The van der Waals surface area contributed by atoms with Crippen molar-refractivity contribution < 1.29 is 39.4 Å². The van der Waals surface area contributed by atoms with Gasteiger partial charge in [0, 0.05) is 18.4 Å². The number of hydrogen-bond donors (Lipinski definition) is 4. The quantitative estimate of drug-likeness (QED) is 0.198.